The van der Waals surface area contributed by atoms with E-state index in [9.17, 15) is 9.59 Å². The normalized spacial score (nSPS) is 14.6. The summed E-state index contributed by atoms with van der Waals surface area (Å²) in [6.07, 6.45) is 6.64. The lowest BCUT2D eigenvalue weighted by atomic mass is 9.95. The zero-order valence-electron chi connectivity index (χ0n) is 22.1. The molecule has 39 heavy (non-hydrogen) atoms. The number of aromatic nitrogens is 4. The van der Waals surface area contributed by atoms with Gasteiger partial charge in [0.1, 0.15) is 23.8 Å². The van der Waals surface area contributed by atoms with Gasteiger partial charge in [-0.3, -0.25) is 9.59 Å². The quantitative estimate of drug-likeness (QED) is 0.324. The molecule has 1 saturated carbocycles. The summed E-state index contributed by atoms with van der Waals surface area (Å²) in [5.41, 5.74) is 0.824. The van der Waals surface area contributed by atoms with Gasteiger partial charge >= 0.3 is 0 Å². The summed E-state index contributed by atoms with van der Waals surface area (Å²) in [6, 6.07) is 13.4. The van der Waals surface area contributed by atoms with E-state index in [1.54, 1.807) is 31.4 Å². The van der Waals surface area contributed by atoms with E-state index in [1.165, 1.54) is 22.4 Å². The van der Waals surface area contributed by atoms with Crippen LogP contribution in [-0.2, 0) is 22.7 Å². The van der Waals surface area contributed by atoms with Crippen LogP contribution in [0.2, 0.25) is 0 Å². The highest BCUT2D eigenvalue weighted by Gasteiger charge is 2.35. The molecule has 1 atom stereocenters. The number of carbonyl (C=O) groups is 2. The molecule has 204 valence electrons. The molecule has 3 aromatic heterocycles. The van der Waals surface area contributed by atoms with Gasteiger partial charge in [-0.2, -0.15) is 4.80 Å². The molecule has 4 aromatic rings. The van der Waals surface area contributed by atoms with E-state index in [-0.39, 0.29) is 36.8 Å². The molecule has 0 aliphatic heterocycles. The standard InChI is InChI=1S/C28H32N6O5/c1-19-10-15-24(39-19)27-30-32-34(31-27)18-25(35)33(17-20-11-13-22(37-2)14-12-20)26(23-9-6-16-38-23)28(36)29-21-7-4-3-5-8-21/h6,9-16,21,26H,3-5,7-8,17-18H2,1-2H3,(H,29,36)/t26-/m1/s1. The first kappa shape index (κ1) is 26.2. The van der Waals surface area contributed by atoms with Crippen molar-refractivity contribution in [3.8, 4) is 17.3 Å². The molecule has 11 heteroatoms. The number of ether oxygens (including phenoxy) is 1. The Morgan fingerprint density at radius 2 is 1.92 bits per heavy atom. The summed E-state index contributed by atoms with van der Waals surface area (Å²) in [5.74, 6) is 1.87. The van der Waals surface area contributed by atoms with Crippen LogP contribution in [0, 0.1) is 6.92 Å². The smallest absolute Gasteiger partial charge is 0.250 e. The maximum atomic E-state index is 13.9. The number of methoxy groups -OCH3 is 1. The van der Waals surface area contributed by atoms with Crippen LogP contribution in [0.15, 0.2) is 63.6 Å². The molecule has 1 aromatic carbocycles. The predicted octanol–water partition coefficient (Wildman–Crippen LogP) is 4.06. The van der Waals surface area contributed by atoms with Crippen LogP contribution in [0.3, 0.4) is 0 Å². The molecule has 5 rings (SSSR count). The summed E-state index contributed by atoms with van der Waals surface area (Å²) in [4.78, 5) is 30.3. The van der Waals surface area contributed by atoms with Crippen LogP contribution in [0.4, 0.5) is 0 Å². The van der Waals surface area contributed by atoms with Crippen molar-refractivity contribution in [2.75, 3.05) is 7.11 Å². The molecule has 1 aliphatic carbocycles. The van der Waals surface area contributed by atoms with Crippen molar-refractivity contribution in [2.24, 2.45) is 0 Å². The zero-order chi connectivity index (χ0) is 27.2. The van der Waals surface area contributed by atoms with Gasteiger partial charge in [-0.15, -0.1) is 10.2 Å². The maximum Gasteiger partial charge on any atom is 0.250 e. The van der Waals surface area contributed by atoms with Crippen LogP contribution < -0.4 is 10.1 Å². The zero-order valence-corrected chi connectivity index (χ0v) is 22.1. The molecule has 1 fully saturated rings. The Hall–Kier alpha value is -4.41. The summed E-state index contributed by atoms with van der Waals surface area (Å²) in [5, 5.41) is 15.6. The average Bonchev–Trinajstić information content (AvgIpc) is 3.72. The minimum atomic E-state index is -0.979. The second kappa shape index (κ2) is 12.0. The van der Waals surface area contributed by atoms with Gasteiger partial charge in [-0.25, -0.2) is 0 Å². The van der Waals surface area contributed by atoms with E-state index in [0.717, 1.165) is 31.2 Å². The summed E-state index contributed by atoms with van der Waals surface area (Å²) >= 11 is 0. The van der Waals surface area contributed by atoms with Gasteiger partial charge in [-0.05, 0) is 66.9 Å². The molecule has 2 amide bonds. The number of hydrogen-bond donors (Lipinski definition) is 1. The fraction of sp³-hybridized carbons (Fsp3) is 0.393. The number of hydrogen-bond acceptors (Lipinski definition) is 8. The van der Waals surface area contributed by atoms with Crippen LogP contribution >= 0.6 is 0 Å². The minimum absolute atomic E-state index is 0.0675. The van der Waals surface area contributed by atoms with Crippen molar-refractivity contribution < 1.29 is 23.2 Å². The lowest BCUT2D eigenvalue weighted by Crippen LogP contribution is -2.47. The first-order valence-electron chi connectivity index (χ1n) is 13.1. The number of furan rings is 2. The van der Waals surface area contributed by atoms with E-state index < -0.39 is 6.04 Å². The second-order valence-electron chi connectivity index (χ2n) is 9.68. The number of nitrogens with zero attached hydrogens (tertiary/aromatic N) is 5. The van der Waals surface area contributed by atoms with Crippen molar-refractivity contribution in [3.63, 3.8) is 0 Å². The Labute approximate surface area is 226 Å². The molecule has 1 aliphatic rings. The second-order valence-corrected chi connectivity index (χ2v) is 9.68. The molecule has 0 unspecified atom stereocenters. The Balaban J connectivity index is 1.43. The number of aryl methyl sites for hydroxylation is 1. The SMILES string of the molecule is COc1ccc(CN(C(=O)Cn2nnc(-c3ccc(C)o3)n2)[C@@H](C(=O)NC2CCCCC2)c2ccco2)cc1. The number of carbonyl (C=O) groups excluding carboxylic acids is 2. The van der Waals surface area contributed by atoms with Crippen molar-refractivity contribution in [1.82, 2.24) is 30.4 Å². The van der Waals surface area contributed by atoms with E-state index in [2.05, 4.69) is 20.7 Å². The Bertz CT molecular complexity index is 1370. The molecular weight excluding hydrogens is 500 g/mol. The topological polar surface area (TPSA) is 129 Å². The molecule has 11 nitrogen and oxygen atoms in total. The van der Waals surface area contributed by atoms with Crippen molar-refractivity contribution in [2.45, 2.75) is 64.2 Å². The van der Waals surface area contributed by atoms with Gasteiger partial charge in [-0.1, -0.05) is 31.4 Å². The summed E-state index contributed by atoms with van der Waals surface area (Å²) in [7, 11) is 1.59. The van der Waals surface area contributed by atoms with Crippen LogP contribution in [0.25, 0.3) is 11.6 Å². The fourth-order valence-corrected chi connectivity index (χ4v) is 4.82. The van der Waals surface area contributed by atoms with Crippen molar-refractivity contribution in [3.05, 3.63) is 71.9 Å². The van der Waals surface area contributed by atoms with Gasteiger partial charge in [0.25, 0.3) is 5.91 Å². The lowest BCUT2D eigenvalue weighted by molar-refractivity contribution is -0.143. The third-order valence-corrected chi connectivity index (χ3v) is 6.85. The molecule has 0 bridgehead atoms. The highest BCUT2D eigenvalue weighted by Crippen LogP contribution is 2.27. The first-order valence-corrected chi connectivity index (χ1v) is 13.1. The van der Waals surface area contributed by atoms with Gasteiger partial charge in [0.2, 0.25) is 11.7 Å². The number of amides is 2. The Morgan fingerprint density at radius 1 is 1.13 bits per heavy atom. The number of rotatable bonds is 10. The van der Waals surface area contributed by atoms with Crippen LogP contribution in [0.5, 0.6) is 5.75 Å². The van der Waals surface area contributed by atoms with Crippen LogP contribution in [-0.4, -0.2) is 50.1 Å². The molecule has 0 radical (unpaired) electrons. The van der Waals surface area contributed by atoms with E-state index in [0.29, 0.717) is 23.0 Å². The Kier molecular flexibility index (Phi) is 8.04. The van der Waals surface area contributed by atoms with Gasteiger partial charge in [0, 0.05) is 12.6 Å². The summed E-state index contributed by atoms with van der Waals surface area (Å²) < 4.78 is 16.5. The number of tetrazole rings is 1. The van der Waals surface area contributed by atoms with E-state index in [4.69, 9.17) is 13.6 Å². The first-order chi connectivity index (χ1) is 19.0. The third kappa shape index (κ3) is 6.36. The highest BCUT2D eigenvalue weighted by atomic mass is 16.5. The largest absolute Gasteiger partial charge is 0.497 e. The molecule has 0 saturated heterocycles. The maximum absolute atomic E-state index is 13.9. The summed E-state index contributed by atoms with van der Waals surface area (Å²) in [6.45, 7) is 1.75. The molecule has 1 N–H and O–H groups in total. The van der Waals surface area contributed by atoms with Crippen LogP contribution in [0.1, 0.15) is 55.2 Å². The van der Waals surface area contributed by atoms with Gasteiger partial charge in [0.15, 0.2) is 11.8 Å². The number of nitrogens with one attached hydrogen (secondary N) is 1. The molecule has 3 heterocycles. The third-order valence-electron chi connectivity index (χ3n) is 6.85. The van der Waals surface area contributed by atoms with Gasteiger partial charge in [0.05, 0.1) is 13.4 Å². The minimum Gasteiger partial charge on any atom is -0.497 e. The van der Waals surface area contributed by atoms with Crippen molar-refractivity contribution in [1.29, 1.82) is 0 Å². The molecule has 0 spiro atoms. The Morgan fingerprint density at radius 3 is 2.59 bits per heavy atom. The molecular formula is C28H32N6O5. The van der Waals surface area contributed by atoms with Gasteiger partial charge < -0.3 is 23.8 Å². The van der Waals surface area contributed by atoms with E-state index >= 15 is 0 Å². The average molecular weight is 533 g/mol. The highest BCUT2D eigenvalue weighted by molar-refractivity contribution is 5.88. The number of benzene rings is 1. The lowest BCUT2D eigenvalue weighted by Gasteiger charge is -2.32. The monoisotopic (exact) mass is 532 g/mol. The van der Waals surface area contributed by atoms with E-state index in [1.807, 2.05) is 31.2 Å². The van der Waals surface area contributed by atoms with Crippen molar-refractivity contribution >= 4 is 11.8 Å². The fourth-order valence-electron chi connectivity index (χ4n) is 4.82. The predicted molar refractivity (Wildman–Crippen MR) is 140 cm³/mol.